The first-order valence-corrected chi connectivity index (χ1v) is 15.6. The molecule has 0 saturated carbocycles. The van der Waals surface area contributed by atoms with E-state index in [0.29, 0.717) is 11.7 Å². The van der Waals surface area contributed by atoms with Gasteiger partial charge in [-0.25, -0.2) is 4.98 Å². The number of likely N-dealkylation sites (tertiary alicyclic amines) is 1. The van der Waals surface area contributed by atoms with Crippen molar-refractivity contribution in [1.82, 2.24) is 14.8 Å². The van der Waals surface area contributed by atoms with Crippen LogP contribution in [-0.2, 0) is 17.6 Å². The highest BCUT2D eigenvalue weighted by Crippen LogP contribution is 2.32. The first kappa shape index (κ1) is 31.1. The van der Waals surface area contributed by atoms with Gasteiger partial charge >= 0.3 is 6.18 Å². The van der Waals surface area contributed by atoms with E-state index in [9.17, 15) is 27.6 Å². The molecule has 3 aromatic rings. The maximum absolute atomic E-state index is 13.3. The van der Waals surface area contributed by atoms with Gasteiger partial charge in [0.1, 0.15) is 23.7 Å². The number of aryl methyl sites for hydroxylation is 1. The second-order valence-corrected chi connectivity index (χ2v) is 12.8. The van der Waals surface area contributed by atoms with Crippen LogP contribution in [0.25, 0.3) is 0 Å². The number of fused-ring (bicyclic) bond motifs is 1. The standard InChI is InChI=1S/C33H39F3N6O3/c1-19-12-25(39-28-27(29(43)30(28)44)38-18-33(34,35)36)15-37-31(19)42-17-20(2)41(16-21(42)3)26-8-10-40(11-9-26)32(45)24-13-22-6-4-5-7-23(22)14-24/h4-7,12,15,20-21,24,26,38-39H,8-11,13-14,16-18H2,1-3H3/t20-,21+/m1/s1. The highest BCUT2D eigenvalue weighted by Gasteiger charge is 2.38. The molecule has 1 amide bonds. The van der Waals surface area contributed by atoms with E-state index in [4.69, 9.17) is 0 Å². The SMILES string of the molecule is Cc1cc(Nc2c(NCC(F)(F)F)c(=O)c2=O)cnc1N1C[C@@H](C)N(C2CCN(C(=O)C3Cc4ccccc4C3)CC2)C[C@@H]1C. The summed E-state index contributed by atoms with van der Waals surface area (Å²) < 4.78 is 37.9. The molecular formula is C33H39F3N6O3. The molecule has 1 aliphatic carbocycles. The van der Waals surface area contributed by atoms with Gasteiger partial charge in [-0.15, -0.1) is 0 Å². The molecule has 2 fully saturated rings. The number of amides is 1. The van der Waals surface area contributed by atoms with Crippen molar-refractivity contribution in [2.24, 2.45) is 5.92 Å². The molecule has 3 heterocycles. The Hall–Kier alpha value is -3.93. The fourth-order valence-electron chi connectivity index (χ4n) is 7.32. The summed E-state index contributed by atoms with van der Waals surface area (Å²) in [6.07, 6.45) is 0.603. The Balaban J connectivity index is 1.04. The van der Waals surface area contributed by atoms with Gasteiger partial charge in [0.25, 0.3) is 10.9 Å². The second-order valence-electron chi connectivity index (χ2n) is 12.8. The fourth-order valence-corrected chi connectivity index (χ4v) is 7.32. The molecular weight excluding hydrogens is 585 g/mol. The first-order chi connectivity index (χ1) is 21.4. The van der Waals surface area contributed by atoms with Crippen LogP contribution in [0.3, 0.4) is 0 Å². The smallest absolute Gasteiger partial charge is 0.371 e. The van der Waals surface area contributed by atoms with E-state index in [2.05, 4.69) is 51.0 Å². The van der Waals surface area contributed by atoms with Crippen LogP contribution in [0.1, 0.15) is 43.4 Å². The van der Waals surface area contributed by atoms with Crippen LogP contribution in [-0.4, -0.2) is 77.7 Å². The zero-order chi connectivity index (χ0) is 32.0. The molecule has 2 atom stereocenters. The van der Waals surface area contributed by atoms with Gasteiger partial charge in [0.05, 0.1) is 11.9 Å². The predicted octanol–water partition coefficient (Wildman–Crippen LogP) is 4.01. The summed E-state index contributed by atoms with van der Waals surface area (Å²) in [6, 6.07) is 11.0. The van der Waals surface area contributed by atoms with Crippen molar-refractivity contribution in [1.29, 1.82) is 0 Å². The zero-order valence-electron chi connectivity index (χ0n) is 25.8. The molecule has 2 aromatic carbocycles. The molecule has 9 nitrogen and oxygen atoms in total. The lowest BCUT2D eigenvalue weighted by atomic mass is 9.96. The summed E-state index contributed by atoms with van der Waals surface area (Å²) in [5, 5.41) is 4.80. The number of piperazine rings is 1. The van der Waals surface area contributed by atoms with Crippen LogP contribution in [0.2, 0.25) is 0 Å². The van der Waals surface area contributed by atoms with Gasteiger partial charge in [0, 0.05) is 50.2 Å². The van der Waals surface area contributed by atoms with Crippen molar-refractivity contribution >= 4 is 28.8 Å². The Bertz CT molecular complexity index is 1620. The van der Waals surface area contributed by atoms with E-state index in [1.54, 1.807) is 6.07 Å². The third-order valence-electron chi connectivity index (χ3n) is 9.65. The molecule has 0 spiro atoms. The molecule has 0 unspecified atom stereocenters. The molecule has 240 valence electrons. The Labute approximate surface area is 260 Å². The molecule has 45 heavy (non-hydrogen) atoms. The van der Waals surface area contributed by atoms with Crippen molar-refractivity contribution in [3.63, 3.8) is 0 Å². The van der Waals surface area contributed by atoms with Crippen molar-refractivity contribution in [3.05, 3.63) is 73.7 Å². The molecule has 6 rings (SSSR count). The Morgan fingerprint density at radius 2 is 1.62 bits per heavy atom. The molecule has 0 radical (unpaired) electrons. The quantitative estimate of drug-likeness (QED) is 0.381. The largest absolute Gasteiger partial charge is 0.405 e. The second kappa shape index (κ2) is 12.1. The lowest BCUT2D eigenvalue weighted by molar-refractivity contribution is -0.137. The van der Waals surface area contributed by atoms with Crippen LogP contribution in [0.5, 0.6) is 0 Å². The highest BCUT2D eigenvalue weighted by atomic mass is 19.4. The number of piperidine rings is 1. The maximum Gasteiger partial charge on any atom is 0.405 e. The maximum atomic E-state index is 13.3. The van der Waals surface area contributed by atoms with Gasteiger partial charge in [-0.1, -0.05) is 24.3 Å². The van der Waals surface area contributed by atoms with Gasteiger partial charge in [-0.05, 0) is 69.2 Å². The normalized spacial score (nSPS) is 21.7. The van der Waals surface area contributed by atoms with Crippen LogP contribution in [0.4, 0.5) is 36.1 Å². The molecule has 3 aliphatic rings. The topological polar surface area (TPSA) is 97.9 Å². The zero-order valence-corrected chi connectivity index (χ0v) is 25.8. The lowest BCUT2D eigenvalue weighted by Gasteiger charge is -2.50. The van der Waals surface area contributed by atoms with Crippen molar-refractivity contribution in [3.8, 4) is 0 Å². The number of aromatic nitrogens is 1. The fraction of sp³-hybridized carbons (Fsp3) is 0.515. The number of pyridine rings is 1. The molecule has 2 N–H and O–H groups in total. The minimum absolute atomic E-state index is 0.0558. The number of alkyl halides is 3. The Kier molecular flexibility index (Phi) is 8.36. The van der Waals surface area contributed by atoms with E-state index in [0.717, 1.165) is 63.2 Å². The average molecular weight is 625 g/mol. The average Bonchev–Trinajstić information content (AvgIpc) is 3.45. The number of halogens is 3. The summed E-state index contributed by atoms with van der Waals surface area (Å²) in [5.74, 6) is 1.15. The molecule has 12 heteroatoms. The number of hydrogen-bond acceptors (Lipinski definition) is 8. The van der Waals surface area contributed by atoms with E-state index < -0.39 is 23.6 Å². The number of anilines is 4. The minimum Gasteiger partial charge on any atom is -0.371 e. The van der Waals surface area contributed by atoms with Gasteiger partial charge in [-0.3, -0.25) is 19.3 Å². The summed E-state index contributed by atoms with van der Waals surface area (Å²) in [7, 11) is 0. The number of benzene rings is 1. The van der Waals surface area contributed by atoms with Crippen LogP contribution < -0.4 is 26.4 Å². The van der Waals surface area contributed by atoms with E-state index in [1.165, 1.54) is 17.3 Å². The van der Waals surface area contributed by atoms with Gasteiger partial charge in [-0.2, -0.15) is 13.2 Å². The van der Waals surface area contributed by atoms with E-state index >= 15 is 0 Å². The first-order valence-electron chi connectivity index (χ1n) is 15.6. The number of nitrogens with one attached hydrogen (secondary N) is 2. The highest BCUT2D eigenvalue weighted by molar-refractivity contribution is 5.81. The molecule has 2 saturated heterocycles. The lowest BCUT2D eigenvalue weighted by Crippen LogP contribution is -2.61. The summed E-state index contributed by atoms with van der Waals surface area (Å²) >= 11 is 0. The van der Waals surface area contributed by atoms with Crippen molar-refractivity contribution in [2.75, 3.05) is 48.3 Å². The van der Waals surface area contributed by atoms with Crippen molar-refractivity contribution in [2.45, 2.75) is 70.8 Å². The monoisotopic (exact) mass is 624 g/mol. The minimum atomic E-state index is -4.52. The molecule has 2 aliphatic heterocycles. The third-order valence-corrected chi connectivity index (χ3v) is 9.65. The van der Waals surface area contributed by atoms with Crippen LogP contribution in [0, 0.1) is 12.8 Å². The van der Waals surface area contributed by atoms with Crippen LogP contribution >= 0.6 is 0 Å². The number of carbonyl (C=O) groups is 1. The Morgan fingerprint density at radius 1 is 0.978 bits per heavy atom. The number of carbonyl (C=O) groups excluding carboxylic acids is 1. The third kappa shape index (κ3) is 6.29. The molecule has 0 bridgehead atoms. The van der Waals surface area contributed by atoms with Crippen LogP contribution in [0.15, 0.2) is 46.1 Å². The Morgan fingerprint density at radius 3 is 2.24 bits per heavy atom. The number of rotatable bonds is 7. The van der Waals surface area contributed by atoms with Crippen molar-refractivity contribution < 1.29 is 18.0 Å². The van der Waals surface area contributed by atoms with E-state index in [-0.39, 0.29) is 35.3 Å². The molecule has 1 aromatic heterocycles. The predicted molar refractivity (Wildman–Crippen MR) is 168 cm³/mol. The number of hydrogen-bond donors (Lipinski definition) is 2. The van der Waals surface area contributed by atoms with Gasteiger partial charge in [0.15, 0.2) is 0 Å². The summed E-state index contributed by atoms with van der Waals surface area (Å²) in [4.78, 5) is 48.8. The summed E-state index contributed by atoms with van der Waals surface area (Å²) in [6.45, 7) is 8.08. The van der Waals surface area contributed by atoms with E-state index in [1.807, 2.05) is 24.4 Å². The number of nitrogens with zero attached hydrogens (tertiary/aromatic N) is 4. The summed E-state index contributed by atoms with van der Waals surface area (Å²) in [5.41, 5.74) is 1.48. The van der Waals surface area contributed by atoms with Gasteiger partial charge < -0.3 is 20.4 Å². The van der Waals surface area contributed by atoms with Gasteiger partial charge in [0.2, 0.25) is 5.91 Å².